The average Bonchev–Trinajstić information content (AvgIpc) is 3.71. The summed E-state index contributed by atoms with van der Waals surface area (Å²) in [6, 6.07) is 48.5. The van der Waals surface area contributed by atoms with Crippen LogP contribution >= 0.6 is 11.3 Å². The topological polar surface area (TPSA) is 78.0 Å². The molecule has 8 heteroatoms. The Labute approximate surface area is 283 Å². The van der Waals surface area contributed by atoms with Gasteiger partial charge in [-0.05, 0) is 42.5 Å². The Morgan fingerprint density at radius 2 is 1.10 bits per heavy atom. The third-order valence-corrected chi connectivity index (χ3v) is 10.0. The Morgan fingerprint density at radius 3 is 1.84 bits per heavy atom. The van der Waals surface area contributed by atoms with Gasteiger partial charge in [0.2, 0.25) is 0 Å². The minimum atomic E-state index is -0.0632. The molecule has 0 aliphatic heterocycles. The average molecular weight is 649 g/mol. The van der Waals surface area contributed by atoms with Crippen LogP contribution in [0.5, 0.6) is 0 Å². The van der Waals surface area contributed by atoms with Crippen LogP contribution in [0.1, 0.15) is 0 Å². The van der Waals surface area contributed by atoms with Crippen molar-refractivity contribution in [2.24, 2.45) is 0 Å². The van der Waals surface area contributed by atoms with Crippen molar-refractivity contribution >= 4 is 59.2 Å². The van der Waals surface area contributed by atoms with Crippen molar-refractivity contribution in [2.45, 2.75) is 0 Å². The third kappa shape index (κ3) is 4.31. The molecule has 4 aromatic heterocycles. The summed E-state index contributed by atoms with van der Waals surface area (Å²) in [5.41, 5.74) is 7.16. The van der Waals surface area contributed by atoms with Crippen molar-refractivity contribution in [3.05, 3.63) is 156 Å². The molecule has 230 valence electrons. The Morgan fingerprint density at radius 1 is 0.490 bits per heavy atom. The molecule has 0 bridgehead atoms. The van der Waals surface area contributed by atoms with Crippen LogP contribution < -0.4 is 5.56 Å². The van der Waals surface area contributed by atoms with E-state index >= 15 is 0 Å². The molecule has 0 saturated carbocycles. The number of imidazole rings is 1. The van der Waals surface area contributed by atoms with E-state index in [1.165, 1.54) is 11.3 Å². The summed E-state index contributed by atoms with van der Waals surface area (Å²) in [5, 5.41) is 2.64. The number of hydrogen-bond donors (Lipinski definition) is 0. The lowest BCUT2D eigenvalue weighted by molar-refractivity contribution is 1.07. The monoisotopic (exact) mass is 648 g/mol. The maximum Gasteiger partial charge on any atom is 0.266 e. The Bertz CT molecular complexity index is 2910. The van der Waals surface area contributed by atoms with Crippen LogP contribution in [-0.2, 0) is 0 Å². The summed E-state index contributed by atoms with van der Waals surface area (Å²) in [6.07, 6.45) is 0. The fraction of sp³-hybridized carbons (Fsp3) is 0. The van der Waals surface area contributed by atoms with Gasteiger partial charge in [-0.15, -0.1) is 0 Å². The number of benzene rings is 6. The van der Waals surface area contributed by atoms with Gasteiger partial charge in [0, 0.05) is 37.9 Å². The molecule has 0 amide bonds. The van der Waals surface area contributed by atoms with Crippen LogP contribution in [0.15, 0.2) is 150 Å². The molecule has 0 unspecified atom stereocenters. The highest BCUT2D eigenvalue weighted by Crippen LogP contribution is 2.38. The lowest BCUT2D eigenvalue weighted by Gasteiger charge is -2.11. The molecule has 6 aromatic carbocycles. The highest BCUT2D eigenvalue weighted by molar-refractivity contribution is 7.23. The van der Waals surface area contributed by atoms with E-state index in [-0.39, 0.29) is 5.56 Å². The van der Waals surface area contributed by atoms with Crippen LogP contribution in [0.4, 0.5) is 0 Å². The molecule has 7 nitrogen and oxygen atoms in total. The zero-order valence-corrected chi connectivity index (χ0v) is 26.7. The summed E-state index contributed by atoms with van der Waals surface area (Å²) < 4.78 is 4.89. The van der Waals surface area contributed by atoms with Gasteiger partial charge in [-0.2, -0.15) is 0 Å². The molecule has 0 atom stereocenters. The molecular formula is C41H24N6OS. The standard InChI is InChI=1S/C41H24N6OS/c48-40-36-34(49-41-42-30-19-8-10-21-32(30)47(40)41)23-22-33-35(36)29-18-7-9-20-31(29)46(33)28-17-11-16-27(24-28)39-44-37(25-12-3-1-4-13-25)43-38(45-39)26-14-5-2-6-15-26/h1-24H. The fourth-order valence-electron chi connectivity index (χ4n) is 6.82. The predicted octanol–water partition coefficient (Wildman–Crippen LogP) is 9.35. The number of hydrogen-bond acceptors (Lipinski definition) is 6. The summed E-state index contributed by atoms with van der Waals surface area (Å²) in [4.78, 5) is 34.7. The molecule has 0 radical (unpaired) electrons. The zero-order chi connectivity index (χ0) is 32.5. The van der Waals surface area contributed by atoms with Gasteiger partial charge in [0.1, 0.15) is 0 Å². The summed E-state index contributed by atoms with van der Waals surface area (Å²) in [6.45, 7) is 0. The molecule has 0 N–H and O–H groups in total. The van der Waals surface area contributed by atoms with Gasteiger partial charge >= 0.3 is 0 Å². The first-order valence-electron chi connectivity index (χ1n) is 16.0. The number of fused-ring (bicyclic) bond motifs is 8. The van der Waals surface area contributed by atoms with Crippen LogP contribution in [0.2, 0.25) is 0 Å². The van der Waals surface area contributed by atoms with Crippen LogP contribution in [-0.4, -0.2) is 28.9 Å². The number of rotatable bonds is 4. The van der Waals surface area contributed by atoms with E-state index < -0.39 is 0 Å². The number of para-hydroxylation sites is 3. The number of aromatic nitrogens is 6. The normalized spacial score (nSPS) is 11.8. The third-order valence-electron chi connectivity index (χ3n) is 9.01. The maximum atomic E-state index is 14.4. The van der Waals surface area contributed by atoms with Crippen LogP contribution in [0.3, 0.4) is 0 Å². The molecular weight excluding hydrogens is 625 g/mol. The molecule has 0 aliphatic rings. The lowest BCUT2D eigenvalue weighted by Crippen LogP contribution is -2.11. The SMILES string of the molecule is O=c1c2c(ccc3c2c2ccccc2n3-c2cccc(-c3nc(-c4ccccc4)nc(-c4ccccc4)n3)c2)sc2nc3ccccc3n12. The highest BCUT2D eigenvalue weighted by Gasteiger charge is 2.20. The molecule has 0 fully saturated rings. The van der Waals surface area contributed by atoms with Gasteiger partial charge in [0.15, 0.2) is 22.4 Å². The van der Waals surface area contributed by atoms with Crippen molar-refractivity contribution < 1.29 is 0 Å². The van der Waals surface area contributed by atoms with Gasteiger partial charge in [-0.1, -0.05) is 114 Å². The van der Waals surface area contributed by atoms with Crippen molar-refractivity contribution in [3.63, 3.8) is 0 Å². The maximum absolute atomic E-state index is 14.4. The van der Waals surface area contributed by atoms with Crippen molar-refractivity contribution in [1.82, 2.24) is 28.9 Å². The highest BCUT2D eigenvalue weighted by atomic mass is 32.1. The Hall–Kier alpha value is -6.51. The second-order valence-corrected chi connectivity index (χ2v) is 12.9. The summed E-state index contributed by atoms with van der Waals surface area (Å²) in [7, 11) is 0. The first kappa shape index (κ1) is 27.6. The first-order valence-corrected chi connectivity index (χ1v) is 16.8. The van der Waals surface area contributed by atoms with E-state index in [9.17, 15) is 4.79 Å². The van der Waals surface area contributed by atoms with E-state index in [0.717, 1.165) is 59.9 Å². The van der Waals surface area contributed by atoms with Gasteiger partial charge in [-0.25, -0.2) is 24.3 Å². The van der Waals surface area contributed by atoms with Crippen molar-refractivity contribution in [1.29, 1.82) is 0 Å². The summed E-state index contributed by atoms with van der Waals surface area (Å²) in [5.74, 6) is 1.81. The molecule has 4 heterocycles. The molecule has 0 spiro atoms. The minimum absolute atomic E-state index is 0.0632. The van der Waals surface area contributed by atoms with Gasteiger partial charge < -0.3 is 4.57 Å². The Balaban J connectivity index is 1.22. The zero-order valence-electron chi connectivity index (χ0n) is 25.9. The van der Waals surface area contributed by atoms with Crippen molar-refractivity contribution in [2.75, 3.05) is 0 Å². The smallest absolute Gasteiger partial charge is 0.266 e. The predicted molar refractivity (Wildman–Crippen MR) is 198 cm³/mol. The van der Waals surface area contributed by atoms with Gasteiger partial charge in [0.25, 0.3) is 5.56 Å². The van der Waals surface area contributed by atoms with E-state index in [1.54, 1.807) is 4.40 Å². The van der Waals surface area contributed by atoms with Crippen LogP contribution in [0, 0.1) is 0 Å². The van der Waals surface area contributed by atoms with Crippen LogP contribution in [0.25, 0.3) is 87.7 Å². The number of nitrogens with zero attached hydrogens (tertiary/aromatic N) is 6. The van der Waals surface area contributed by atoms with E-state index in [4.69, 9.17) is 19.9 Å². The molecule has 0 aliphatic carbocycles. The quantitative estimate of drug-likeness (QED) is 0.190. The molecule has 10 aromatic rings. The van der Waals surface area contributed by atoms with E-state index in [1.807, 2.05) is 115 Å². The second kappa shape index (κ2) is 10.8. The van der Waals surface area contributed by atoms with Crippen molar-refractivity contribution in [3.8, 4) is 39.9 Å². The van der Waals surface area contributed by atoms with Gasteiger partial charge in [0.05, 0.1) is 27.5 Å². The molecule has 49 heavy (non-hydrogen) atoms. The first-order chi connectivity index (χ1) is 24.2. The fourth-order valence-corrected chi connectivity index (χ4v) is 7.86. The minimum Gasteiger partial charge on any atom is -0.309 e. The van der Waals surface area contributed by atoms with E-state index in [0.29, 0.717) is 27.8 Å². The molecule has 10 rings (SSSR count). The lowest BCUT2D eigenvalue weighted by atomic mass is 10.1. The largest absolute Gasteiger partial charge is 0.309 e. The summed E-state index contributed by atoms with van der Waals surface area (Å²) >= 11 is 1.54. The molecule has 0 saturated heterocycles. The van der Waals surface area contributed by atoms with E-state index in [2.05, 4.69) is 34.9 Å². The Kier molecular flexibility index (Phi) is 6.06. The van der Waals surface area contributed by atoms with Gasteiger partial charge in [-0.3, -0.25) is 4.79 Å². The second-order valence-electron chi connectivity index (χ2n) is 11.9.